The number of rotatable bonds is 4. The minimum atomic E-state index is -0.0886. The predicted molar refractivity (Wildman–Crippen MR) is 128 cm³/mol. The minimum Gasteiger partial charge on any atom is -0.393 e. The lowest BCUT2D eigenvalue weighted by Crippen LogP contribution is -2.50. The first-order valence-electron chi connectivity index (χ1n) is 13.0. The highest BCUT2D eigenvalue weighted by molar-refractivity contribution is 5.25. The molecule has 0 aromatic heterocycles. The molecule has 0 aromatic carbocycles. The lowest BCUT2D eigenvalue weighted by Gasteiger charge is -2.58. The van der Waals surface area contributed by atoms with Crippen LogP contribution in [0.25, 0.3) is 0 Å². The molecule has 4 aliphatic carbocycles. The Labute approximate surface area is 186 Å². The molecule has 4 aliphatic rings. The fourth-order valence-corrected chi connectivity index (χ4v) is 8.60. The van der Waals surface area contributed by atoms with E-state index in [2.05, 4.69) is 54.2 Å². The second kappa shape index (κ2) is 7.79. The summed E-state index contributed by atoms with van der Waals surface area (Å²) in [4.78, 5) is 0. The Balaban J connectivity index is 1.48. The van der Waals surface area contributed by atoms with Gasteiger partial charge in [0.25, 0.3) is 0 Å². The summed E-state index contributed by atoms with van der Waals surface area (Å²) in [5.41, 5.74) is 4.19. The van der Waals surface area contributed by atoms with Gasteiger partial charge in [-0.25, -0.2) is 0 Å². The van der Waals surface area contributed by atoms with Gasteiger partial charge in [0.2, 0.25) is 0 Å². The molecule has 0 amide bonds. The fourth-order valence-electron chi connectivity index (χ4n) is 8.60. The number of aliphatic hydroxyl groups excluding tert-OH is 1. The van der Waals surface area contributed by atoms with Crippen LogP contribution in [0.5, 0.6) is 0 Å². The van der Waals surface area contributed by atoms with E-state index in [1.54, 1.807) is 5.57 Å². The van der Waals surface area contributed by atoms with E-state index in [0.717, 1.165) is 42.4 Å². The number of hydrogen-bond donors (Lipinski definition) is 1. The number of aliphatic hydroxyl groups is 1. The van der Waals surface area contributed by atoms with E-state index in [-0.39, 0.29) is 11.5 Å². The van der Waals surface area contributed by atoms with Gasteiger partial charge in [-0.1, -0.05) is 65.3 Å². The van der Waals surface area contributed by atoms with Gasteiger partial charge >= 0.3 is 0 Å². The summed E-state index contributed by atoms with van der Waals surface area (Å²) in [6.45, 7) is 19.1. The quantitative estimate of drug-likeness (QED) is 0.464. The number of allylic oxidation sites excluding steroid dienone is 2. The molecule has 4 rings (SSSR count). The van der Waals surface area contributed by atoms with Crippen LogP contribution in [0.4, 0.5) is 0 Å². The zero-order chi connectivity index (χ0) is 21.9. The van der Waals surface area contributed by atoms with Crippen molar-refractivity contribution in [1.82, 2.24) is 0 Å². The Morgan fingerprint density at radius 1 is 1.13 bits per heavy atom. The first-order valence-corrected chi connectivity index (χ1v) is 13.0. The van der Waals surface area contributed by atoms with Crippen LogP contribution in [0.1, 0.15) is 106 Å². The van der Waals surface area contributed by atoms with Gasteiger partial charge in [0, 0.05) is 0 Å². The van der Waals surface area contributed by atoms with Crippen LogP contribution in [0.15, 0.2) is 23.8 Å². The molecule has 3 saturated carbocycles. The zero-order valence-corrected chi connectivity index (χ0v) is 20.8. The SMILES string of the molecule is C=C(CC[C@@H](C)[C@H]1CCC2C3CC=C4C[C@@H](O)CC[C@]4(C)C3CC[C@@]21C)C(C)(C)C. The average molecular weight is 413 g/mol. The molecule has 0 saturated heterocycles. The molecule has 170 valence electrons. The zero-order valence-electron chi connectivity index (χ0n) is 20.8. The van der Waals surface area contributed by atoms with Gasteiger partial charge in [0.15, 0.2) is 0 Å². The van der Waals surface area contributed by atoms with Gasteiger partial charge in [0.05, 0.1) is 6.10 Å². The standard InChI is InChI=1S/C29H48O/c1-19(8-9-20(2)27(3,4)5)24-12-13-25-23-11-10-21-18-22(30)14-16-28(21,6)26(23)15-17-29(24,25)7/h10,19,22-26,30H,2,8-9,11-18H2,1,3-7H3/t19-,22+,23?,24-,25?,26?,28+,29-/m1/s1. The van der Waals surface area contributed by atoms with Gasteiger partial charge in [0.1, 0.15) is 0 Å². The highest BCUT2D eigenvalue weighted by Gasteiger charge is 2.59. The van der Waals surface area contributed by atoms with Crippen LogP contribution in [0.2, 0.25) is 0 Å². The van der Waals surface area contributed by atoms with Gasteiger partial charge < -0.3 is 5.11 Å². The van der Waals surface area contributed by atoms with Crippen LogP contribution < -0.4 is 0 Å². The minimum absolute atomic E-state index is 0.0886. The Morgan fingerprint density at radius 3 is 2.57 bits per heavy atom. The number of fused-ring (bicyclic) bond motifs is 5. The second-order valence-electron chi connectivity index (χ2n) is 13.3. The van der Waals surface area contributed by atoms with E-state index in [4.69, 9.17) is 0 Å². The van der Waals surface area contributed by atoms with E-state index in [1.165, 1.54) is 56.9 Å². The van der Waals surface area contributed by atoms with Gasteiger partial charge in [-0.15, -0.1) is 0 Å². The van der Waals surface area contributed by atoms with Crippen LogP contribution in [0, 0.1) is 45.8 Å². The van der Waals surface area contributed by atoms with Crippen LogP contribution in [-0.4, -0.2) is 11.2 Å². The first kappa shape index (κ1) is 22.6. The van der Waals surface area contributed by atoms with Gasteiger partial charge in [-0.3, -0.25) is 0 Å². The third-order valence-corrected chi connectivity index (χ3v) is 10.8. The average Bonchev–Trinajstić information content (AvgIpc) is 3.03. The van der Waals surface area contributed by atoms with Gasteiger partial charge in [-0.05, 0) is 110 Å². The molecule has 0 heterocycles. The van der Waals surface area contributed by atoms with Crippen LogP contribution >= 0.6 is 0 Å². The maximum atomic E-state index is 10.2. The van der Waals surface area contributed by atoms with Crippen molar-refractivity contribution in [3.63, 3.8) is 0 Å². The van der Waals surface area contributed by atoms with E-state index >= 15 is 0 Å². The Bertz CT molecular complexity index is 696. The van der Waals surface area contributed by atoms with E-state index < -0.39 is 0 Å². The summed E-state index contributed by atoms with van der Waals surface area (Å²) >= 11 is 0. The van der Waals surface area contributed by atoms with Crippen molar-refractivity contribution in [2.75, 3.05) is 0 Å². The summed E-state index contributed by atoms with van der Waals surface area (Å²) in [5, 5.41) is 10.2. The first-order chi connectivity index (χ1) is 14.0. The Morgan fingerprint density at radius 2 is 1.87 bits per heavy atom. The van der Waals surface area contributed by atoms with Crippen LogP contribution in [0.3, 0.4) is 0 Å². The van der Waals surface area contributed by atoms with E-state index in [1.807, 2.05) is 0 Å². The van der Waals surface area contributed by atoms with E-state index in [9.17, 15) is 5.11 Å². The molecule has 3 fully saturated rings. The summed E-state index contributed by atoms with van der Waals surface area (Å²) in [6, 6.07) is 0. The summed E-state index contributed by atoms with van der Waals surface area (Å²) < 4.78 is 0. The Kier molecular flexibility index (Phi) is 5.87. The molecular weight excluding hydrogens is 364 g/mol. The van der Waals surface area contributed by atoms with Crippen molar-refractivity contribution in [1.29, 1.82) is 0 Å². The maximum absolute atomic E-state index is 10.2. The maximum Gasteiger partial charge on any atom is 0.0577 e. The van der Waals surface area contributed by atoms with Crippen molar-refractivity contribution >= 4 is 0 Å². The molecule has 1 N–H and O–H groups in total. The molecule has 0 radical (unpaired) electrons. The molecule has 1 heteroatoms. The van der Waals surface area contributed by atoms with Crippen molar-refractivity contribution in [3.05, 3.63) is 23.8 Å². The van der Waals surface area contributed by atoms with Crippen molar-refractivity contribution < 1.29 is 5.11 Å². The smallest absolute Gasteiger partial charge is 0.0577 e. The lowest BCUT2D eigenvalue weighted by atomic mass is 9.47. The van der Waals surface area contributed by atoms with Crippen molar-refractivity contribution in [3.8, 4) is 0 Å². The van der Waals surface area contributed by atoms with Gasteiger partial charge in [-0.2, -0.15) is 0 Å². The second-order valence-corrected chi connectivity index (χ2v) is 13.3. The molecule has 1 nitrogen and oxygen atoms in total. The molecule has 30 heavy (non-hydrogen) atoms. The summed E-state index contributed by atoms with van der Waals surface area (Å²) in [6.07, 6.45) is 15.2. The predicted octanol–water partition coefficient (Wildman–Crippen LogP) is 7.94. The molecular formula is C29H48O. The molecule has 3 unspecified atom stereocenters. The highest BCUT2D eigenvalue weighted by atomic mass is 16.3. The summed E-state index contributed by atoms with van der Waals surface area (Å²) in [5.74, 6) is 4.36. The largest absolute Gasteiger partial charge is 0.393 e. The lowest BCUT2D eigenvalue weighted by molar-refractivity contribution is -0.0571. The fraction of sp³-hybridized carbons (Fsp3) is 0.862. The van der Waals surface area contributed by atoms with Crippen LogP contribution in [-0.2, 0) is 0 Å². The topological polar surface area (TPSA) is 20.2 Å². The number of hydrogen-bond acceptors (Lipinski definition) is 1. The molecule has 0 spiro atoms. The van der Waals surface area contributed by atoms with Crippen molar-refractivity contribution in [2.45, 2.75) is 112 Å². The highest BCUT2D eigenvalue weighted by Crippen LogP contribution is 2.67. The molecule has 8 atom stereocenters. The van der Waals surface area contributed by atoms with E-state index in [0.29, 0.717) is 10.8 Å². The Hall–Kier alpha value is -0.560. The molecule has 0 bridgehead atoms. The third-order valence-electron chi connectivity index (χ3n) is 10.8. The third kappa shape index (κ3) is 3.66. The molecule has 0 aromatic rings. The monoisotopic (exact) mass is 412 g/mol. The summed E-state index contributed by atoms with van der Waals surface area (Å²) in [7, 11) is 0. The van der Waals surface area contributed by atoms with Crippen molar-refractivity contribution in [2.24, 2.45) is 45.8 Å². The molecule has 0 aliphatic heterocycles. The normalized spacial score (nSPS) is 44.5.